The Morgan fingerprint density at radius 1 is 1.06 bits per heavy atom. The number of amides is 1. The number of benzene rings is 1. The molecule has 10 heteroatoms. The number of carbonyl (C=O) groups excluding carboxylic acids is 3. The molecule has 172 valence electrons. The second kappa shape index (κ2) is 10.7. The number of hydrogen-bond donors (Lipinski definition) is 0. The third kappa shape index (κ3) is 5.95. The predicted octanol–water partition coefficient (Wildman–Crippen LogP) is 3.29. The maximum Gasteiger partial charge on any atom is 0.359 e. The number of esters is 2. The van der Waals surface area contributed by atoms with E-state index < -0.39 is 24.5 Å². The van der Waals surface area contributed by atoms with Crippen LogP contribution in [0, 0.1) is 13.8 Å². The van der Waals surface area contributed by atoms with Gasteiger partial charge in [0.2, 0.25) is 0 Å². The highest BCUT2D eigenvalue weighted by molar-refractivity contribution is 6.33. The summed E-state index contributed by atoms with van der Waals surface area (Å²) < 4.78 is 11.7. The van der Waals surface area contributed by atoms with Crippen LogP contribution in [0.25, 0.3) is 5.82 Å². The number of carbonyl (C=O) groups is 3. The molecule has 1 amide bonds. The van der Waals surface area contributed by atoms with Gasteiger partial charge in [0.05, 0.1) is 17.3 Å². The number of rotatable bonds is 8. The van der Waals surface area contributed by atoms with Crippen molar-refractivity contribution in [2.24, 2.45) is 0 Å². The second-order valence-electron chi connectivity index (χ2n) is 7.04. The Kier molecular flexibility index (Phi) is 7.78. The van der Waals surface area contributed by atoms with Crippen LogP contribution < -0.4 is 4.90 Å². The zero-order valence-corrected chi connectivity index (χ0v) is 19.2. The highest BCUT2D eigenvalue weighted by atomic mass is 35.5. The first-order valence-corrected chi connectivity index (χ1v) is 10.6. The summed E-state index contributed by atoms with van der Waals surface area (Å²) in [6.07, 6.45) is 0. The smallest absolute Gasteiger partial charge is 0.359 e. The van der Waals surface area contributed by atoms with E-state index in [0.717, 1.165) is 11.4 Å². The zero-order valence-electron chi connectivity index (χ0n) is 18.4. The maximum atomic E-state index is 12.8. The van der Waals surface area contributed by atoms with Crippen LogP contribution in [-0.4, -0.2) is 52.4 Å². The third-order valence-corrected chi connectivity index (χ3v) is 4.84. The van der Waals surface area contributed by atoms with Gasteiger partial charge in [-0.2, -0.15) is 5.10 Å². The first-order valence-electron chi connectivity index (χ1n) is 10.2. The Balaban J connectivity index is 1.75. The molecule has 3 rings (SSSR count). The van der Waals surface area contributed by atoms with Crippen LogP contribution in [0.15, 0.2) is 48.5 Å². The Labute approximate surface area is 195 Å². The standard InChI is InChI=1S/C23H23ClN4O5/c1-4-32-21(30)13-27(17-8-6-5-7-9-17)20(29)14-33-23(31)22-18(24)10-11-19(25-22)28-16(3)12-15(2)26-28/h5-12H,4,13-14H2,1-3H3. The molecule has 0 spiro atoms. The summed E-state index contributed by atoms with van der Waals surface area (Å²) in [6.45, 7) is 4.62. The van der Waals surface area contributed by atoms with Crippen molar-refractivity contribution in [3.8, 4) is 5.82 Å². The Bertz CT molecular complexity index is 1160. The van der Waals surface area contributed by atoms with Crippen molar-refractivity contribution in [3.05, 3.63) is 70.6 Å². The largest absolute Gasteiger partial charge is 0.465 e. The van der Waals surface area contributed by atoms with E-state index in [4.69, 9.17) is 21.1 Å². The van der Waals surface area contributed by atoms with Crippen molar-refractivity contribution < 1.29 is 23.9 Å². The number of aryl methyl sites for hydroxylation is 2. The average molecular weight is 471 g/mol. The lowest BCUT2D eigenvalue weighted by molar-refractivity contribution is -0.142. The van der Waals surface area contributed by atoms with Gasteiger partial charge < -0.3 is 9.47 Å². The highest BCUT2D eigenvalue weighted by Crippen LogP contribution is 2.19. The van der Waals surface area contributed by atoms with Gasteiger partial charge in [-0.25, -0.2) is 14.5 Å². The first-order chi connectivity index (χ1) is 15.8. The Morgan fingerprint density at radius 2 is 1.79 bits per heavy atom. The van der Waals surface area contributed by atoms with Gasteiger partial charge in [-0.15, -0.1) is 0 Å². The number of ether oxygens (including phenoxy) is 2. The molecule has 0 aliphatic carbocycles. The molecule has 0 N–H and O–H groups in total. The summed E-state index contributed by atoms with van der Waals surface area (Å²) in [5.74, 6) is -1.67. The van der Waals surface area contributed by atoms with Crippen molar-refractivity contribution in [3.63, 3.8) is 0 Å². The maximum absolute atomic E-state index is 12.8. The molecule has 0 saturated carbocycles. The van der Waals surface area contributed by atoms with Crippen molar-refractivity contribution in [2.45, 2.75) is 20.8 Å². The van der Waals surface area contributed by atoms with E-state index in [9.17, 15) is 14.4 Å². The molecule has 0 radical (unpaired) electrons. The lowest BCUT2D eigenvalue weighted by Gasteiger charge is -2.21. The van der Waals surface area contributed by atoms with Crippen molar-refractivity contribution >= 4 is 35.1 Å². The number of anilines is 1. The molecule has 0 fully saturated rings. The SMILES string of the molecule is CCOC(=O)CN(C(=O)COC(=O)c1nc(-n2nc(C)cc2C)ccc1Cl)c1ccccc1. The molecule has 2 aromatic heterocycles. The Hall–Kier alpha value is -3.72. The van der Waals surface area contributed by atoms with Gasteiger partial charge >= 0.3 is 11.9 Å². The van der Waals surface area contributed by atoms with Crippen molar-refractivity contribution in [1.29, 1.82) is 0 Å². The zero-order chi connectivity index (χ0) is 24.0. The summed E-state index contributed by atoms with van der Waals surface area (Å²) in [4.78, 5) is 42.9. The molecule has 2 heterocycles. The first kappa shape index (κ1) is 23.9. The van der Waals surface area contributed by atoms with E-state index in [1.807, 2.05) is 19.9 Å². The quantitative estimate of drug-likeness (QED) is 0.465. The molecular weight excluding hydrogens is 448 g/mol. The molecule has 0 bridgehead atoms. The Morgan fingerprint density at radius 3 is 2.42 bits per heavy atom. The van der Waals surface area contributed by atoms with Gasteiger partial charge in [0.1, 0.15) is 6.54 Å². The minimum Gasteiger partial charge on any atom is -0.465 e. The molecule has 9 nitrogen and oxygen atoms in total. The monoisotopic (exact) mass is 470 g/mol. The molecule has 0 atom stereocenters. The van der Waals surface area contributed by atoms with Crippen LogP contribution in [-0.2, 0) is 19.1 Å². The number of nitrogens with zero attached hydrogens (tertiary/aromatic N) is 4. The highest BCUT2D eigenvalue weighted by Gasteiger charge is 2.23. The fraction of sp³-hybridized carbons (Fsp3) is 0.261. The van der Waals surface area contributed by atoms with E-state index in [2.05, 4.69) is 10.1 Å². The summed E-state index contributed by atoms with van der Waals surface area (Å²) in [7, 11) is 0. The lowest BCUT2D eigenvalue weighted by atomic mass is 10.3. The number of pyridine rings is 1. The van der Waals surface area contributed by atoms with Gasteiger partial charge in [0, 0.05) is 11.4 Å². The number of hydrogen-bond acceptors (Lipinski definition) is 7. The van der Waals surface area contributed by atoms with E-state index >= 15 is 0 Å². The van der Waals surface area contributed by atoms with E-state index in [-0.39, 0.29) is 23.9 Å². The summed E-state index contributed by atoms with van der Waals surface area (Å²) in [5, 5.41) is 4.41. The molecule has 1 aromatic carbocycles. The second-order valence-corrected chi connectivity index (χ2v) is 7.44. The van der Waals surface area contributed by atoms with Crippen molar-refractivity contribution in [2.75, 3.05) is 24.7 Å². The number of aromatic nitrogens is 3. The topological polar surface area (TPSA) is 104 Å². The molecule has 0 aliphatic rings. The van der Waals surface area contributed by atoms with Crippen LogP contribution in [0.3, 0.4) is 0 Å². The predicted molar refractivity (Wildman–Crippen MR) is 122 cm³/mol. The molecule has 3 aromatic rings. The number of para-hydroxylation sites is 1. The summed E-state index contributed by atoms with van der Waals surface area (Å²) in [5.41, 5.74) is 1.94. The molecule has 33 heavy (non-hydrogen) atoms. The van der Waals surface area contributed by atoms with Gasteiger partial charge in [-0.1, -0.05) is 29.8 Å². The summed E-state index contributed by atoms with van der Waals surface area (Å²) >= 11 is 6.15. The summed E-state index contributed by atoms with van der Waals surface area (Å²) in [6, 6.07) is 13.6. The minimum absolute atomic E-state index is 0.0733. The van der Waals surface area contributed by atoms with Gasteiger partial charge in [0.25, 0.3) is 5.91 Å². The van der Waals surface area contributed by atoms with Crippen molar-refractivity contribution in [1.82, 2.24) is 14.8 Å². The molecular formula is C23H23ClN4O5. The van der Waals surface area contributed by atoms with Gasteiger partial charge in [-0.3, -0.25) is 14.5 Å². The third-order valence-electron chi connectivity index (χ3n) is 4.54. The minimum atomic E-state index is -0.874. The van der Waals surface area contributed by atoms with Crippen LogP contribution in [0.2, 0.25) is 5.02 Å². The van der Waals surface area contributed by atoms with Crippen LogP contribution in [0.5, 0.6) is 0 Å². The van der Waals surface area contributed by atoms with E-state index in [1.54, 1.807) is 48.0 Å². The number of halogens is 1. The molecule has 0 aliphatic heterocycles. The lowest BCUT2D eigenvalue weighted by Crippen LogP contribution is -2.39. The fourth-order valence-corrected chi connectivity index (χ4v) is 3.28. The van der Waals surface area contributed by atoms with E-state index in [1.165, 1.54) is 11.0 Å². The van der Waals surface area contributed by atoms with E-state index in [0.29, 0.717) is 11.5 Å². The average Bonchev–Trinajstić information content (AvgIpc) is 3.14. The van der Waals surface area contributed by atoms with Gasteiger partial charge in [0.15, 0.2) is 18.1 Å². The normalized spacial score (nSPS) is 10.5. The van der Waals surface area contributed by atoms with Crippen LogP contribution in [0.1, 0.15) is 28.8 Å². The fourth-order valence-electron chi connectivity index (χ4n) is 3.09. The van der Waals surface area contributed by atoms with Gasteiger partial charge in [-0.05, 0) is 51.1 Å². The van der Waals surface area contributed by atoms with Crippen LogP contribution >= 0.6 is 11.6 Å². The molecule has 0 saturated heterocycles. The van der Waals surface area contributed by atoms with Crippen LogP contribution in [0.4, 0.5) is 5.69 Å². The molecule has 0 unspecified atom stereocenters.